The van der Waals surface area contributed by atoms with E-state index in [2.05, 4.69) is 11.0 Å². The van der Waals surface area contributed by atoms with Crippen molar-refractivity contribution < 1.29 is 43.1 Å². The van der Waals surface area contributed by atoms with Crippen molar-refractivity contribution in [3.63, 3.8) is 0 Å². The van der Waals surface area contributed by atoms with E-state index in [4.69, 9.17) is 28.4 Å². The second kappa shape index (κ2) is 9.67. The first-order valence-corrected chi connectivity index (χ1v) is 11.9. The Kier molecular flexibility index (Phi) is 6.61. The van der Waals surface area contributed by atoms with Crippen molar-refractivity contribution in [3.05, 3.63) is 35.1 Å². The average Bonchev–Trinajstić information content (AvgIpc) is 3.53. The molecule has 4 atom stereocenters. The smallest absolute Gasteiger partial charge is 0.336 e. The molecule has 10 nitrogen and oxygen atoms in total. The Morgan fingerprint density at radius 3 is 2.77 bits per heavy atom. The summed E-state index contributed by atoms with van der Waals surface area (Å²) < 4.78 is 32.7. The summed E-state index contributed by atoms with van der Waals surface area (Å²) in [5.74, 6) is 0.0717. The summed E-state index contributed by atoms with van der Waals surface area (Å²) >= 11 is 0. The number of rotatable bonds is 8. The predicted molar refractivity (Wildman–Crippen MR) is 121 cm³/mol. The van der Waals surface area contributed by atoms with Crippen molar-refractivity contribution in [2.24, 2.45) is 0 Å². The molecule has 1 aliphatic carbocycles. The molecule has 10 heteroatoms. The minimum Gasteiger partial charge on any atom is -0.497 e. The number of benzene rings is 1. The second-order valence-electron chi connectivity index (χ2n) is 9.26. The number of aliphatic hydroxyl groups is 1. The average molecular weight is 490 g/mol. The van der Waals surface area contributed by atoms with Gasteiger partial charge < -0.3 is 33.5 Å². The van der Waals surface area contributed by atoms with E-state index in [0.717, 1.165) is 43.5 Å². The van der Waals surface area contributed by atoms with E-state index in [9.17, 15) is 14.7 Å². The highest BCUT2D eigenvalue weighted by Crippen LogP contribution is 2.55. The second-order valence-corrected chi connectivity index (χ2v) is 9.26. The van der Waals surface area contributed by atoms with Gasteiger partial charge in [0.2, 0.25) is 6.79 Å². The lowest BCUT2D eigenvalue weighted by Crippen LogP contribution is -2.47. The van der Waals surface area contributed by atoms with Crippen LogP contribution in [0.4, 0.5) is 0 Å². The summed E-state index contributed by atoms with van der Waals surface area (Å²) in [6, 6.07) is 4.00. The molecule has 1 aromatic rings. The lowest BCUT2D eigenvalue weighted by atomic mass is 9.77. The lowest BCUT2D eigenvalue weighted by Gasteiger charge is -2.39. The molecule has 2 unspecified atom stereocenters. The molecule has 1 aromatic carbocycles. The maximum Gasteiger partial charge on any atom is 0.336 e. The molecule has 0 bridgehead atoms. The van der Waals surface area contributed by atoms with E-state index >= 15 is 0 Å². The molecule has 35 heavy (non-hydrogen) atoms. The molecule has 1 fully saturated rings. The SMILES string of the molecule is COCCOC(=O)C[C@@H](O)C(=O)OC1C(OC)=CC23CCCN2CCc2cc4c(cc2[C@H]13)OCO4. The monoisotopic (exact) mass is 489 g/mol. The van der Waals surface area contributed by atoms with Crippen LogP contribution < -0.4 is 9.47 Å². The molecule has 0 aromatic heterocycles. The number of nitrogens with zero attached hydrogens (tertiary/aromatic N) is 1. The van der Waals surface area contributed by atoms with Crippen LogP contribution in [0.15, 0.2) is 24.0 Å². The number of aliphatic hydroxyl groups excluding tert-OH is 1. The van der Waals surface area contributed by atoms with Gasteiger partial charge in [0.05, 0.1) is 31.6 Å². The van der Waals surface area contributed by atoms with Crippen molar-refractivity contribution in [1.82, 2.24) is 4.90 Å². The zero-order valence-corrected chi connectivity index (χ0v) is 20.0. The molecule has 190 valence electrons. The molecule has 3 aliphatic heterocycles. The number of hydrogen-bond donors (Lipinski definition) is 1. The van der Waals surface area contributed by atoms with Gasteiger partial charge in [0.1, 0.15) is 12.4 Å². The molecule has 4 aliphatic rings. The molecule has 1 N–H and O–H groups in total. The molecule has 1 saturated heterocycles. The Morgan fingerprint density at radius 1 is 1.20 bits per heavy atom. The molecule has 3 heterocycles. The van der Waals surface area contributed by atoms with Gasteiger partial charge in [-0.15, -0.1) is 0 Å². The van der Waals surface area contributed by atoms with Crippen LogP contribution in [0.1, 0.15) is 36.3 Å². The van der Waals surface area contributed by atoms with Crippen LogP contribution in [0.2, 0.25) is 0 Å². The molecule has 0 saturated carbocycles. The van der Waals surface area contributed by atoms with E-state index in [0.29, 0.717) is 17.3 Å². The van der Waals surface area contributed by atoms with Gasteiger partial charge in [-0.05, 0) is 55.1 Å². The van der Waals surface area contributed by atoms with Crippen LogP contribution in [0.25, 0.3) is 0 Å². The van der Waals surface area contributed by atoms with Crippen LogP contribution in [0.3, 0.4) is 0 Å². The third-order valence-electron chi connectivity index (χ3n) is 7.39. The third-order valence-corrected chi connectivity index (χ3v) is 7.39. The van der Waals surface area contributed by atoms with Gasteiger partial charge >= 0.3 is 11.9 Å². The van der Waals surface area contributed by atoms with Crippen molar-refractivity contribution in [2.45, 2.75) is 49.3 Å². The van der Waals surface area contributed by atoms with Gasteiger partial charge in [-0.2, -0.15) is 0 Å². The first kappa shape index (κ1) is 23.9. The van der Waals surface area contributed by atoms with Crippen LogP contribution in [-0.4, -0.2) is 87.0 Å². The minimum absolute atomic E-state index is 0.0452. The predicted octanol–water partition coefficient (Wildman–Crippen LogP) is 1.29. The topological polar surface area (TPSA) is 113 Å². The highest BCUT2D eigenvalue weighted by atomic mass is 16.7. The van der Waals surface area contributed by atoms with E-state index in [1.807, 2.05) is 12.1 Å². The number of esters is 2. The maximum absolute atomic E-state index is 12.9. The van der Waals surface area contributed by atoms with Crippen LogP contribution >= 0.6 is 0 Å². The first-order valence-electron chi connectivity index (χ1n) is 11.9. The molecule has 0 amide bonds. The number of fused-ring (bicyclic) bond motifs is 3. The number of hydrogen-bond acceptors (Lipinski definition) is 10. The third kappa shape index (κ3) is 4.23. The van der Waals surface area contributed by atoms with Crippen molar-refractivity contribution in [1.29, 1.82) is 0 Å². The zero-order chi connectivity index (χ0) is 24.6. The van der Waals surface area contributed by atoms with Gasteiger partial charge in [-0.25, -0.2) is 4.79 Å². The summed E-state index contributed by atoms with van der Waals surface area (Å²) in [5.41, 5.74) is 1.76. The van der Waals surface area contributed by atoms with Crippen molar-refractivity contribution in [2.75, 3.05) is 47.3 Å². The molecule has 0 radical (unpaired) electrons. The summed E-state index contributed by atoms with van der Waals surface area (Å²) in [4.78, 5) is 27.3. The summed E-state index contributed by atoms with van der Waals surface area (Å²) in [5, 5.41) is 10.4. The van der Waals surface area contributed by atoms with Crippen molar-refractivity contribution >= 4 is 11.9 Å². The number of ether oxygens (including phenoxy) is 6. The Hall–Kier alpha value is -2.82. The summed E-state index contributed by atoms with van der Waals surface area (Å²) in [6.45, 7) is 2.24. The molecule has 5 rings (SSSR count). The van der Waals surface area contributed by atoms with E-state index < -0.39 is 30.6 Å². The Balaban J connectivity index is 1.43. The fourth-order valence-electron chi connectivity index (χ4n) is 5.84. The fourth-order valence-corrected chi connectivity index (χ4v) is 5.84. The molecular formula is C25H31NO9. The first-order chi connectivity index (χ1) is 17.0. The zero-order valence-electron chi connectivity index (χ0n) is 20.0. The Morgan fingerprint density at radius 2 is 2.00 bits per heavy atom. The molecular weight excluding hydrogens is 458 g/mol. The lowest BCUT2D eigenvalue weighted by molar-refractivity contribution is -0.165. The van der Waals surface area contributed by atoms with Crippen molar-refractivity contribution in [3.8, 4) is 11.5 Å². The van der Waals surface area contributed by atoms with Crippen LogP contribution in [-0.2, 0) is 35.0 Å². The van der Waals surface area contributed by atoms with Gasteiger partial charge in [-0.1, -0.05) is 0 Å². The van der Waals surface area contributed by atoms with Crippen LogP contribution in [0.5, 0.6) is 11.5 Å². The maximum atomic E-state index is 12.9. The number of methoxy groups -OCH3 is 2. The highest BCUT2D eigenvalue weighted by Gasteiger charge is 2.58. The fraction of sp³-hybridized carbons (Fsp3) is 0.600. The standard InChI is InChI=1S/C25H31NO9/c1-30-8-9-32-21(28)12-17(27)24(29)35-23-20(31-2)13-25-5-3-6-26(25)7-4-15-10-18-19(34-14-33-18)11-16(15)22(23)25/h10-11,13,17,22-23,27H,3-9,12,14H2,1-2H3/t17-,22-,23?,25?/m1/s1. The van der Waals surface area contributed by atoms with Gasteiger partial charge in [0, 0.05) is 13.7 Å². The minimum atomic E-state index is -1.65. The normalized spacial score (nSPS) is 27.2. The Labute approximate surface area is 203 Å². The molecule has 1 spiro atoms. The van der Waals surface area contributed by atoms with Gasteiger partial charge in [0.15, 0.2) is 23.7 Å². The quantitative estimate of drug-likeness (QED) is 0.423. The summed E-state index contributed by atoms with van der Waals surface area (Å²) in [6.07, 6.45) is 1.90. The van der Waals surface area contributed by atoms with E-state index in [1.165, 1.54) is 7.11 Å². The number of carbonyl (C=O) groups excluding carboxylic acids is 2. The number of carbonyl (C=O) groups is 2. The summed E-state index contributed by atoms with van der Waals surface area (Å²) in [7, 11) is 3.04. The van der Waals surface area contributed by atoms with E-state index in [1.54, 1.807) is 7.11 Å². The van der Waals surface area contributed by atoms with Gasteiger partial charge in [0.25, 0.3) is 0 Å². The highest BCUT2D eigenvalue weighted by molar-refractivity contribution is 5.82. The Bertz CT molecular complexity index is 1020. The van der Waals surface area contributed by atoms with E-state index in [-0.39, 0.29) is 31.5 Å². The largest absolute Gasteiger partial charge is 0.497 e. The van der Waals surface area contributed by atoms with Gasteiger partial charge in [-0.3, -0.25) is 9.69 Å². The van der Waals surface area contributed by atoms with Crippen LogP contribution in [0, 0.1) is 0 Å².